The number of hydrogen-bond donors (Lipinski definition) is 0. The molecule has 2 rings (SSSR count). The van der Waals surface area contributed by atoms with Crippen LogP contribution in [0.1, 0.15) is 49.9 Å². The molecule has 0 radical (unpaired) electrons. The largest absolute Gasteiger partial charge is 0.335 e. The van der Waals surface area contributed by atoms with Crippen molar-refractivity contribution >= 4 is 29.1 Å². The second-order valence-electron chi connectivity index (χ2n) is 5.79. The standard InChI is InChI=1S/C15H20Cl2N2O/c1-10(2)9-19(12-5-3-4-6-12)15(20)11-7-13(16)18-14(17)8-11/h7-8,10,12H,3-6,9H2,1-2H3. The molecule has 0 spiro atoms. The van der Waals surface area contributed by atoms with Crippen LogP contribution >= 0.6 is 23.2 Å². The average Bonchev–Trinajstić information content (AvgIpc) is 2.87. The zero-order chi connectivity index (χ0) is 14.7. The second-order valence-corrected chi connectivity index (χ2v) is 6.57. The Balaban J connectivity index is 2.24. The first-order valence-electron chi connectivity index (χ1n) is 7.11. The summed E-state index contributed by atoms with van der Waals surface area (Å²) < 4.78 is 0. The van der Waals surface area contributed by atoms with Crippen molar-refractivity contribution in [3.8, 4) is 0 Å². The third kappa shape index (κ3) is 3.86. The molecule has 0 aliphatic heterocycles. The molecule has 110 valence electrons. The molecular formula is C15H20Cl2N2O. The molecule has 1 aromatic heterocycles. The molecule has 1 heterocycles. The molecule has 1 fully saturated rings. The molecule has 0 aromatic carbocycles. The van der Waals surface area contributed by atoms with Crippen LogP contribution in [-0.2, 0) is 0 Å². The first-order valence-corrected chi connectivity index (χ1v) is 7.87. The van der Waals surface area contributed by atoms with E-state index in [1.807, 2.05) is 4.90 Å². The molecule has 1 amide bonds. The predicted molar refractivity (Wildman–Crippen MR) is 82.4 cm³/mol. The lowest BCUT2D eigenvalue weighted by Gasteiger charge is -2.30. The van der Waals surface area contributed by atoms with Crippen molar-refractivity contribution < 1.29 is 4.79 Å². The maximum Gasteiger partial charge on any atom is 0.254 e. The number of carbonyl (C=O) groups excluding carboxylic acids is 1. The van der Waals surface area contributed by atoms with Crippen LogP contribution in [0.3, 0.4) is 0 Å². The van der Waals surface area contributed by atoms with E-state index in [1.165, 1.54) is 12.8 Å². The number of amides is 1. The van der Waals surface area contributed by atoms with Gasteiger partial charge in [0.05, 0.1) is 0 Å². The summed E-state index contributed by atoms with van der Waals surface area (Å²) in [5, 5.41) is 0.522. The van der Waals surface area contributed by atoms with E-state index in [4.69, 9.17) is 23.2 Å². The van der Waals surface area contributed by atoms with Gasteiger partial charge in [-0.3, -0.25) is 4.79 Å². The van der Waals surface area contributed by atoms with Gasteiger partial charge in [-0.1, -0.05) is 49.9 Å². The minimum atomic E-state index is 0.0109. The van der Waals surface area contributed by atoms with Crippen molar-refractivity contribution in [2.45, 2.75) is 45.6 Å². The molecule has 5 heteroatoms. The summed E-state index contributed by atoms with van der Waals surface area (Å²) in [6, 6.07) is 3.53. The highest BCUT2D eigenvalue weighted by atomic mass is 35.5. The quantitative estimate of drug-likeness (QED) is 0.770. The molecule has 1 aliphatic rings. The van der Waals surface area contributed by atoms with Gasteiger partial charge in [-0.15, -0.1) is 0 Å². The van der Waals surface area contributed by atoms with Crippen molar-refractivity contribution in [1.82, 2.24) is 9.88 Å². The number of aromatic nitrogens is 1. The van der Waals surface area contributed by atoms with Gasteiger partial charge in [0, 0.05) is 18.2 Å². The number of nitrogens with zero attached hydrogens (tertiary/aromatic N) is 2. The molecule has 0 N–H and O–H groups in total. The third-order valence-electron chi connectivity index (χ3n) is 3.60. The SMILES string of the molecule is CC(C)CN(C(=O)c1cc(Cl)nc(Cl)c1)C1CCCC1. The van der Waals surface area contributed by atoms with Crippen LogP contribution in [0.5, 0.6) is 0 Å². The molecule has 1 aromatic rings. The Morgan fingerprint density at radius 1 is 1.30 bits per heavy atom. The summed E-state index contributed by atoms with van der Waals surface area (Å²) in [4.78, 5) is 18.6. The summed E-state index contributed by atoms with van der Waals surface area (Å²) >= 11 is 11.8. The first-order chi connectivity index (χ1) is 9.47. The van der Waals surface area contributed by atoms with E-state index in [9.17, 15) is 4.79 Å². The number of rotatable bonds is 4. The lowest BCUT2D eigenvalue weighted by Crippen LogP contribution is -2.41. The van der Waals surface area contributed by atoms with Gasteiger partial charge < -0.3 is 4.90 Å². The van der Waals surface area contributed by atoms with Crippen molar-refractivity contribution in [2.24, 2.45) is 5.92 Å². The van der Waals surface area contributed by atoms with E-state index in [1.54, 1.807) is 12.1 Å². The van der Waals surface area contributed by atoms with Crippen molar-refractivity contribution in [3.63, 3.8) is 0 Å². The van der Waals surface area contributed by atoms with Gasteiger partial charge in [0.25, 0.3) is 5.91 Å². The molecule has 1 aliphatic carbocycles. The number of hydrogen-bond acceptors (Lipinski definition) is 2. The van der Waals surface area contributed by atoms with Crippen LogP contribution in [-0.4, -0.2) is 28.4 Å². The van der Waals surface area contributed by atoms with Gasteiger partial charge in [-0.25, -0.2) is 4.98 Å². The van der Waals surface area contributed by atoms with Crippen LogP contribution in [0.15, 0.2) is 12.1 Å². The van der Waals surface area contributed by atoms with E-state index in [2.05, 4.69) is 18.8 Å². The highest BCUT2D eigenvalue weighted by Crippen LogP contribution is 2.26. The number of pyridine rings is 1. The minimum Gasteiger partial charge on any atom is -0.335 e. The molecule has 20 heavy (non-hydrogen) atoms. The van der Waals surface area contributed by atoms with E-state index < -0.39 is 0 Å². The lowest BCUT2D eigenvalue weighted by molar-refractivity contribution is 0.0655. The average molecular weight is 315 g/mol. The monoisotopic (exact) mass is 314 g/mol. The highest BCUT2D eigenvalue weighted by molar-refractivity contribution is 6.33. The number of halogens is 2. The fourth-order valence-electron chi connectivity index (χ4n) is 2.76. The summed E-state index contributed by atoms with van der Waals surface area (Å²) in [7, 11) is 0. The van der Waals surface area contributed by atoms with Crippen LogP contribution in [0.4, 0.5) is 0 Å². The molecule has 3 nitrogen and oxygen atoms in total. The predicted octanol–water partition coefficient (Wildman–Crippen LogP) is 4.43. The Labute approximate surface area is 130 Å². The van der Waals surface area contributed by atoms with Crippen LogP contribution in [0.25, 0.3) is 0 Å². The number of carbonyl (C=O) groups is 1. The van der Waals surface area contributed by atoms with Crippen molar-refractivity contribution in [1.29, 1.82) is 0 Å². The Kier molecular flexibility index (Phi) is 5.28. The maximum absolute atomic E-state index is 12.8. The van der Waals surface area contributed by atoms with Crippen LogP contribution in [0, 0.1) is 5.92 Å². The molecule has 0 unspecified atom stereocenters. The fraction of sp³-hybridized carbons (Fsp3) is 0.600. The molecule has 0 saturated heterocycles. The second kappa shape index (κ2) is 6.77. The van der Waals surface area contributed by atoms with Crippen LogP contribution in [0.2, 0.25) is 10.3 Å². The first kappa shape index (κ1) is 15.6. The highest BCUT2D eigenvalue weighted by Gasteiger charge is 2.28. The van der Waals surface area contributed by atoms with Gasteiger partial charge in [-0.05, 0) is 30.9 Å². The van der Waals surface area contributed by atoms with E-state index in [0.29, 0.717) is 17.5 Å². The Hall–Kier alpha value is -0.800. The zero-order valence-corrected chi connectivity index (χ0v) is 13.4. The summed E-state index contributed by atoms with van der Waals surface area (Å²) in [5.74, 6) is 0.448. The van der Waals surface area contributed by atoms with E-state index in [0.717, 1.165) is 19.4 Å². The molecular weight excluding hydrogens is 295 g/mol. The third-order valence-corrected chi connectivity index (χ3v) is 3.99. The maximum atomic E-state index is 12.8. The lowest BCUT2D eigenvalue weighted by atomic mass is 10.1. The Morgan fingerprint density at radius 2 is 1.85 bits per heavy atom. The zero-order valence-electron chi connectivity index (χ0n) is 11.9. The van der Waals surface area contributed by atoms with Gasteiger partial charge >= 0.3 is 0 Å². The molecule has 0 atom stereocenters. The molecule has 1 saturated carbocycles. The van der Waals surface area contributed by atoms with E-state index >= 15 is 0 Å². The Morgan fingerprint density at radius 3 is 2.35 bits per heavy atom. The topological polar surface area (TPSA) is 33.2 Å². The Bertz CT molecular complexity index is 465. The van der Waals surface area contributed by atoms with Gasteiger partial charge in [0.15, 0.2) is 0 Å². The minimum absolute atomic E-state index is 0.0109. The summed E-state index contributed by atoms with van der Waals surface area (Å²) in [6.07, 6.45) is 4.57. The molecule has 0 bridgehead atoms. The van der Waals surface area contributed by atoms with Crippen molar-refractivity contribution in [3.05, 3.63) is 28.0 Å². The van der Waals surface area contributed by atoms with Gasteiger partial charge in [-0.2, -0.15) is 0 Å². The fourth-order valence-corrected chi connectivity index (χ4v) is 3.22. The van der Waals surface area contributed by atoms with Crippen molar-refractivity contribution in [2.75, 3.05) is 6.54 Å². The smallest absolute Gasteiger partial charge is 0.254 e. The normalized spacial score (nSPS) is 15.8. The van der Waals surface area contributed by atoms with Gasteiger partial charge in [0.1, 0.15) is 10.3 Å². The summed E-state index contributed by atoms with van der Waals surface area (Å²) in [6.45, 7) is 5.02. The van der Waals surface area contributed by atoms with Crippen LogP contribution < -0.4 is 0 Å². The van der Waals surface area contributed by atoms with Gasteiger partial charge in [0.2, 0.25) is 0 Å². The summed E-state index contributed by atoms with van der Waals surface area (Å²) in [5.41, 5.74) is 0.530. The van der Waals surface area contributed by atoms with E-state index in [-0.39, 0.29) is 16.2 Å².